The van der Waals surface area contributed by atoms with Crippen molar-refractivity contribution >= 4 is 16.9 Å². The molecule has 3 atom stereocenters. The molecule has 5 nitrogen and oxygen atoms in total. The molecule has 1 aliphatic rings. The Morgan fingerprint density at radius 3 is 2.93 bits per heavy atom. The Labute approximate surface area is 159 Å². The molecule has 2 aromatic rings. The number of ether oxygens (including phenoxy) is 1. The molecule has 1 aliphatic heterocycles. The maximum Gasteiger partial charge on any atom is 0.410 e. The highest BCUT2D eigenvalue weighted by molar-refractivity contribution is 5.85. The fraction of sp³-hybridized carbons (Fsp3) is 0.524. The van der Waals surface area contributed by atoms with Crippen LogP contribution in [0.25, 0.3) is 10.8 Å². The van der Waals surface area contributed by atoms with Crippen LogP contribution in [0.1, 0.15) is 51.7 Å². The molecule has 1 N–H and O–H groups in total. The topological polar surface area (TPSA) is 62.7 Å². The SMILES string of the molecule is CC(C)(C)OC(=O)N1CC[C@@H](F)C[C@H]1C[C@H](O)c1cccc2ccncc12. The Kier molecular flexibility index (Phi) is 5.65. The van der Waals surface area contributed by atoms with E-state index in [4.69, 9.17) is 4.74 Å². The third kappa shape index (κ3) is 4.75. The number of aliphatic hydroxyl groups excluding tert-OH is 1. The van der Waals surface area contributed by atoms with Gasteiger partial charge in [0.2, 0.25) is 0 Å². The van der Waals surface area contributed by atoms with Gasteiger partial charge in [-0.05, 0) is 57.0 Å². The van der Waals surface area contributed by atoms with E-state index in [1.807, 2.05) is 24.3 Å². The monoisotopic (exact) mass is 374 g/mol. The van der Waals surface area contributed by atoms with Crippen LogP contribution in [-0.2, 0) is 4.74 Å². The first-order valence-electron chi connectivity index (χ1n) is 9.39. The summed E-state index contributed by atoms with van der Waals surface area (Å²) in [6, 6.07) is 7.16. The Balaban J connectivity index is 1.80. The van der Waals surface area contributed by atoms with Gasteiger partial charge in [0.1, 0.15) is 11.8 Å². The molecule has 1 aromatic carbocycles. The summed E-state index contributed by atoms with van der Waals surface area (Å²) in [5, 5.41) is 12.7. The van der Waals surface area contributed by atoms with Crippen molar-refractivity contribution in [3.8, 4) is 0 Å². The van der Waals surface area contributed by atoms with E-state index in [1.54, 1.807) is 38.1 Å². The molecular weight excluding hydrogens is 347 g/mol. The predicted molar refractivity (Wildman–Crippen MR) is 102 cm³/mol. The number of fused-ring (bicyclic) bond motifs is 1. The van der Waals surface area contributed by atoms with Crippen molar-refractivity contribution in [3.05, 3.63) is 42.2 Å². The summed E-state index contributed by atoms with van der Waals surface area (Å²) in [5.74, 6) is 0. The standard InChI is InChI=1S/C21H27FN2O3/c1-21(2,3)27-20(26)24-10-8-15(22)11-16(24)12-19(25)17-6-4-5-14-7-9-23-13-18(14)17/h4-7,9,13,15-16,19,25H,8,10-12H2,1-3H3/t15-,16+,19+/m1/s1. The number of aliphatic hydroxyl groups is 1. The zero-order valence-corrected chi connectivity index (χ0v) is 16.1. The van der Waals surface area contributed by atoms with E-state index in [0.29, 0.717) is 13.0 Å². The van der Waals surface area contributed by atoms with Crippen LogP contribution in [0.2, 0.25) is 0 Å². The first kappa shape index (κ1) is 19.5. The molecule has 146 valence electrons. The van der Waals surface area contributed by atoms with E-state index in [2.05, 4.69) is 4.98 Å². The molecule has 3 rings (SSSR count). The van der Waals surface area contributed by atoms with Gasteiger partial charge >= 0.3 is 6.09 Å². The predicted octanol–water partition coefficient (Wildman–Crippen LogP) is 4.40. The minimum absolute atomic E-state index is 0.208. The summed E-state index contributed by atoms with van der Waals surface area (Å²) < 4.78 is 19.5. The number of piperidine rings is 1. The van der Waals surface area contributed by atoms with Gasteiger partial charge in [-0.1, -0.05) is 18.2 Å². The Hall–Kier alpha value is -2.21. The minimum atomic E-state index is -0.977. The molecule has 0 saturated carbocycles. The van der Waals surface area contributed by atoms with Gasteiger partial charge in [-0.25, -0.2) is 9.18 Å². The van der Waals surface area contributed by atoms with Crippen LogP contribution in [0.5, 0.6) is 0 Å². The molecule has 1 saturated heterocycles. The van der Waals surface area contributed by atoms with Gasteiger partial charge < -0.3 is 14.7 Å². The molecule has 1 amide bonds. The van der Waals surface area contributed by atoms with Crippen LogP contribution in [0, 0.1) is 0 Å². The highest BCUT2D eigenvalue weighted by Gasteiger charge is 2.35. The highest BCUT2D eigenvalue weighted by atomic mass is 19.1. The lowest BCUT2D eigenvalue weighted by Gasteiger charge is -2.38. The molecule has 0 unspecified atom stereocenters. The number of alkyl halides is 1. The smallest absolute Gasteiger partial charge is 0.410 e. The normalized spacial score (nSPS) is 21.9. The van der Waals surface area contributed by atoms with Crippen LogP contribution < -0.4 is 0 Å². The van der Waals surface area contributed by atoms with Gasteiger partial charge in [0.25, 0.3) is 0 Å². The van der Waals surface area contributed by atoms with Gasteiger partial charge in [-0.3, -0.25) is 4.98 Å². The van der Waals surface area contributed by atoms with Gasteiger partial charge in [-0.15, -0.1) is 0 Å². The van der Waals surface area contributed by atoms with Crippen molar-refractivity contribution in [3.63, 3.8) is 0 Å². The molecule has 6 heteroatoms. The van der Waals surface area contributed by atoms with Crippen LogP contribution >= 0.6 is 0 Å². The fourth-order valence-electron chi connectivity index (χ4n) is 3.60. The molecule has 1 aromatic heterocycles. The molecule has 0 spiro atoms. The maximum atomic E-state index is 14.0. The number of carbonyl (C=O) groups excluding carboxylic acids is 1. The molecule has 0 radical (unpaired) electrons. The van der Waals surface area contributed by atoms with Crippen LogP contribution in [0.15, 0.2) is 36.7 Å². The quantitative estimate of drug-likeness (QED) is 0.865. The van der Waals surface area contributed by atoms with Crippen molar-refractivity contribution in [1.82, 2.24) is 9.88 Å². The molecule has 0 bridgehead atoms. The lowest BCUT2D eigenvalue weighted by Crippen LogP contribution is -2.49. The van der Waals surface area contributed by atoms with Gasteiger partial charge in [0, 0.05) is 30.4 Å². The largest absolute Gasteiger partial charge is 0.444 e. The lowest BCUT2D eigenvalue weighted by molar-refractivity contribution is -0.00656. The van der Waals surface area contributed by atoms with E-state index in [0.717, 1.165) is 16.3 Å². The maximum absolute atomic E-state index is 14.0. The summed E-state index contributed by atoms with van der Waals surface area (Å²) in [4.78, 5) is 18.3. The number of hydrogen-bond acceptors (Lipinski definition) is 4. The van der Waals surface area contributed by atoms with Crippen LogP contribution in [0.4, 0.5) is 9.18 Å². The van der Waals surface area contributed by atoms with Crippen molar-refractivity contribution < 1.29 is 19.0 Å². The number of benzene rings is 1. The third-order valence-electron chi connectivity index (χ3n) is 4.85. The molecular formula is C21H27FN2O3. The van der Waals surface area contributed by atoms with Gasteiger partial charge in [0.15, 0.2) is 0 Å². The number of rotatable bonds is 3. The zero-order valence-electron chi connectivity index (χ0n) is 16.1. The van der Waals surface area contributed by atoms with Crippen molar-refractivity contribution in [2.45, 2.75) is 64.0 Å². The van der Waals surface area contributed by atoms with Crippen molar-refractivity contribution in [2.75, 3.05) is 6.54 Å². The number of hydrogen-bond donors (Lipinski definition) is 1. The molecule has 27 heavy (non-hydrogen) atoms. The minimum Gasteiger partial charge on any atom is -0.444 e. The van der Waals surface area contributed by atoms with Crippen LogP contribution in [-0.4, -0.2) is 45.4 Å². The second kappa shape index (κ2) is 7.80. The fourth-order valence-corrected chi connectivity index (χ4v) is 3.60. The average molecular weight is 374 g/mol. The van der Waals surface area contributed by atoms with E-state index in [1.165, 1.54) is 0 Å². The summed E-state index contributed by atoms with van der Waals surface area (Å²) in [6.45, 7) is 5.71. The number of aromatic nitrogens is 1. The first-order valence-corrected chi connectivity index (χ1v) is 9.39. The molecule has 0 aliphatic carbocycles. The van der Waals surface area contributed by atoms with E-state index < -0.39 is 30.0 Å². The number of carbonyl (C=O) groups is 1. The lowest BCUT2D eigenvalue weighted by atomic mass is 9.92. The average Bonchev–Trinajstić information content (AvgIpc) is 2.59. The zero-order chi connectivity index (χ0) is 19.6. The van der Waals surface area contributed by atoms with Crippen LogP contribution in [0.3, 0.4) is 0 Å². The summed E-state index contributed by atoms with van der Waals surface area (Å²) in [7, 11) is 0. The van der Waals surface area contributed by atoms with Crippen molar-refractivity contribution in [2.24, 2.45) is 0 Å². The number of likely N-dealkylation sites (tertiary alicyclic amines) is 1. The summed E-state index contributed by atoms with van der Waals surface area (Å²) in [5.41, 5.74) is 0.124. The number of amides is 1. The van der Waals surface area contributed by atoms with Crippen molar-refractivity contribution in [1.29, 1.82) is 0 Å². The summed E-state index contributed by atoms with van der Waals surface area (Å²) in [6.07, 6.45) is 1.94. The number of nitrogens with zero attached hydrogens (tertiary/aromatic N) is 2. The molecule has 2 heterocycles. The Bertz CT molecular complexity index is 800. The summed E-state index contributed by atoms with van der Waals surface area (Å²) >= 11 is 0. The Morgan fingerprint density at radius 1 is 1.41 bits per heavy atom. The number of pyridine rings is 1. The van der Waals surface area contributed by atoms with Gasteiger partial charge in [0.05, 0.1) is 6.10 Å². The molecule has 1 fully saturated rings. The second-order valence-electron chi connectivity index (χ2n) is 8.14. The second-order valence-corrected chi connectivity index (χ2v) is 8.14. The van der Waals surface area contributed by atoms with E-state index >= 15 is 0 Å². The van der Waals surface area contributed by atoms with E-state index in [-0.39, 0.29) is 12.8 Å². The van der Waals surface area contributed by atoms with E-state index in [9.17, 15) is 14.3 Å². The third-order valence-corrected chi connectivity index (χ3v) is 4.85. The Morgan fingerprint density at radius 2 is 2.19 bits per heavy atom. The first-order chi connectivity index (χ1) is 12.7. The number of halogens is 1. The van der Waals surface area contributed by atoms with Gasteiger partial charge in [-0.2, -0.15) is 0 Å². The highest BCUT2D eigenvalue weighted by Crippen LogP contribution is 2.32.